The van der Waals surface area contributed by atoms with Gasteiger partial charge in [-0.05, 0) is 38.8 Å². The number of likely N-dealkylation sites (tertiary alicyclic amines) is 1. The van der Waals surface area contributed by atoms with Crippen molar-refractivity contribution < 1.29 is 73.2 Å². The number of likely N-dealkylation sites (N-methyl/N-ethyl adjacent to an activating group) is 2. The van der Waals surface area contributed by atoms with E-state index in [9.17, 15) is 63.0 Å². The summed E-state index contributed by atoms with van der Waals surface area (Å²) in [6.45, 7) is 1.33. The Labute approximate surface area is 326 Å². The van der Waals surface area contributed by atoms with Gasteiger partial charge in [-0.25, -0.2) is 4.79 Å². The van der Waals surface area contributed by atoms with Gasteiger partial charge in [0.05, 0.1) is 12.1 Å². The van der Waals surface area contributed by atoms with E-state index in [0.29, 0.717) is 4.90 Å². The van der Waals surface area contributed by atoms with E-state index < -0.39 is 152 Å². The molecule has 1 fully saturated rings. The number of nitrogens with one attached hydrogen (secondary N) is 7. The number of carboxylic acids is 4. The molecule has 0 aromatic heterocycles. The molecule has 1 aliphatic heterocycles. The number of aliphatic carboxylic acids is 4. The summed E-state index contributed by atoms with van der Waals surface area (Å²) < 4.78 is 0. The summed E-state index contributed by atoms with van der Waals surface area (Å²) in [5, 5.41) is 53.4. The molecule has 1 saturated heterocycles. The van der Waals surface area contributed by atoms with Gasteiger partial charge in [0, 0.05) is 51.7 Å². The minimum atomic E-state index is -1.77. The molecule has 0 spiro atoms. The number of hydrogen-bond donors (Lipinski definition) is 12. The molecule has 0 aliphatic carbocycles. The van der Waals surface area contributed by atoms with Gasteiger partial charge in [0.2, 0.25) is 41.4 Å². The van der Waals surface area contributed by atoms with Gasteiger partial charge in [-0.15, -0.1) is 0 Å². The second-order valence-electron chi connectivity index (χ2n) is 13.9. The van der Waals surface area contributed by atoms with Crippen LogP contribution in [0.2, 0.25) is 0 Å². The average Bonchev–Trinajstić information content (AvgIpc) is 3.10. The molecule has 1 heterocycles. The third-order valence-electron chi connectivity index (χ3n) is 8.75. The molecular formula is C33H53N9O15. The van der Waals surface area contributed by atoms with Crippen LogP contribution >= 0.6 is 0 Å². The molecule has 1 aliphatic rings. The second kappa shape index (κ2) is 23.3. The molecule has 13 N–H and O–H groups in total. The van der Waals surface area contributed by atoms with Crippen LogP contribution in [0.1, 0.15) is 65.2 Å². The van der Waals surface area contributed by atoms with Crippen LogP contribution in [0.5, 0.6) is 0 Å². The Hall–Kier alpha value is -5.75. The highest BCUT2D eigenvalue weighted by Gasteiger charge is 2.43. The zero-order chi connectivity index (χ0) is 43.6. The van der Waals surface area contributed by atoms with Crippen LogP contribution in [0.4, 0.5) is 0 Å². The predicted octanol–water partition coefficient (Wildman–Crippen LogP) is -4.97. The Morgan fingerprint density at radius 3 is 1.37 bits per heavy atom. The molecule has 6 unspecified atom stereocenters. The quantitative estimate of drug-likeness (QED) is 0.0364. The Morgan fingerprint density at radius 1 is 0.596 bits per heavy atom. The van der Waals surface area contributed by atoms with Crippen molar-refractivity contribution in [3.05, 3.63) is 0 Å². The lowest BCUT2D eigenvalue weighted by atomic mass is 9.81. The van der Waals surface area contributed by atoms with E-state index in [1.165, 1.54) is 14.1 Å². The summed E-state index contributed by atoms with van der Waals surface area (Å²) >= 11 is 0. The topological polar surface area (TPSA) is 382 Å². The van der Waals surface area contributed by atoms with Gasteiger partial charge < -0.3 is 63.4 Å². The monoisotopic (exact) mass is 815 g/mol. The molecule has 7 amide bonds. The molecule has 0 saturated carbocycles. The maximum absolute atomic E-state index is 13.7. The number of imide groups is 1. The third-order valence-corrected chi connectivity index (χ3v) is 8.75. The van der Waals surface area contributed by atoms with Crippen molar-refractivity contribution in [1.82, 2.24) is 42.1 Å². The van der Waals surface area contributed by atoms with E-state index >= 15 is 0 Å². The molecule has 0 bridgehead atoms. The van der Waals surface area contributed by atoms with Crippen LogP contribution in [0.15, 0.2) is 0 Å². The number of nitrogens with two attached hydrogens (primary N) is 1. The van der Waals surface area contributed by atoms with Crippen LogP contribution in [0.25, 0.3) is 0 Å². The van der Waals surface area contributed by atoms with Crippen LogP contribution in [-0.2, 0) is 52.7 Å². The minimum Gasteiger partial charge on any atom is -0.481 e. The van der Waals surface area contributed by atoms with E-state index in [0.717, 1.165) is 0 Å². The highest BCUT2D eigenvalue weighted by Crippen LogP contribution is 2.32. The van der Waals surface area contributed by atoms with Gasteiger partial charge in [-0.1, -0.05) is 13.8 Å². The Morgan fingerprint density at radius 2 is 0.965 bits per heavy atom. The number of rotatable bonds is 26. The highest BCUT2D eigenvalue weighted by atomic mass is 16.4. The lowest BCUT2D eigenvalue weighted by molar-refractivity contribution is -0.158. The molecule has 6 atom stereocenters. The van der Waals surface area contributed by atoms with E-state index in [1.54, 1.807) is 13.8 Å². The average molecular weight is 816 g/mol. The Bertz CT molecular complexity index is 1520. The Balaban J connectivity index is 3.32. The Kier molecular flexibility index (Phi) is 20.2. The summed E-state index contributed by atoms with van der Waals surface area (Å²) in [5.74, 6) is -11.9. The van der Waals surface area contributed by atoms with Gasteiger partial charge >= 0.3 is 23.9 Å². The number of carboxylic acid groups (broad SMARTS) is 4. The van der Waals surface area contributed by atoms with Crippen LogP contribution < -0.4 is 43.0 Å². The summed E-state index contributed by atoms with van der Waals surface area (Å²) in [6, 6.07) is -9.07. The molecule has 0 aromatic carbocycles. The molecule has 0 radical (unpaired) electrons. The predicted molar refractivity (Wildman–Crippen MR) is 193 cm³/mol. The summed E-state index contributed by atoms with van der Waals surface area (Å²) in [6.07, 6.45) is -2.78. The first-order valence-electron chi connectivity index (χ1n) is 17.8. The SMILES string of the molecule is CNC(CCC(=O)O)C(=O)NC(CNC(=O)C(CCC(=O)O)NC(=O)C(CNC(=O)C(CN)N1C(=O)CC(C)(C)CC1=O)NC(=O)C(CCC(=O)O)NC)C(=O)O. The molecular weight excluding hydrogens is 762 g/mol. The molecule has 0 aromatic rings. The zero-order valence-electron chi connectivity index (χ0n) is 32.0. The number of amides is 7. The molecule has 320 valence electrons. The van der Waals surface area contributed by atoms with Crippen molar-refractivity contribution in [2.75, 3.05) is 33.7 Å². The molecule has 24 nitrogen and oxygen atoms in total. The van der Waals surface area contributed by atoms with Gasteiger partial charge in [-0.2, -0.15) is 0 Å². The first-order valence-corrected chi connectivity index (χ1v) is 17.8. The first kappa shape index (κ1) is 49.3. The molecule has 57 heavy (non-hydrogen) atoms. The van der Waals surface area contributed by atoms with Crippen LogP contribution in [0.3, 0.4) is 0 Å². The largest absolute Gasteiger partial charge is 0.481 e. The fraction of sp³-hybridized carbons (Fsp3) is 0.667. The minimum absolute atomic E-state index is 0.0754. The van der Waals surface area contributed by atoms with Crippen LogP contribution in [0, 0.1) is 5.41 Å². The van der Waals surface area contributed by atoms with E-state index in [-0.39, 0.29) is 25.7 Å². The smallest absolute Gasteiger partial charge is 0.328 e. The zero-order valence-corrected chi connectivity index (χ0v) is 32.0. The fourth-order valence-corrected chi connectivity index (χ4v) is 5.63. The molecule has 24 heteroatoms. The number of piperidine rings is 1. The number of carbonyl (C=O) groups is 11. The second-order valence-corrected chi connectivity index (χ2v) is 13.9. The van der Waals surface area contributed by atoms with E-state index in [4.69, 9.17) is 15.9 Å². The lowest BCUT2D eigenvalue weighted by Gasteiger charge is -2.38. The van der Waals surface area contributed by atoms with Crippen molar-refractivity contribution >= 4 is 65.2 Å². The maximum atomic E-state index is 13.7. The number of hydrogen-bond acceptors (Lipinski definition) is 14. The van der Waals surface area contributed by atoms with Gasteiger partial charge in [-0.3, -0.25) is 52.8 Å². The van der Waals surface area contributed by atoms with Crippen molar-refractivity contribution in [2.24, 2.45) is 11.1 Å². The van der Waals surface area contributed by atoms with Gasteiger partial charge in [0.25, 0.3) is 0 Å². The maximum Gasteiger partial charge on any atom is 0.328 e. The summed E-state index contributed by atoms with van der Waals surface area (Å²) in [7, 11) is 2.67. The van der Waals surface area contributed by atoms with Crippen LogP contribution in [-0.4, -0.2) is 161 Å². The lowest BCUT2D eigenvalue weighted by Crippen LogP contribution is -2.62. The number of nitrogens with zero attached hydrogens (tertiary/aromatic N) is 1. The third kappa shape index (κ3) is 16.9. The summed E-state index contributed by atoms with van der Waals surface area (Å²) in [5.41, 5.74) is 5.09. The van der Waals surface area contributed by atoms with Crippen molar-refractivity contribution in [1.29, 1.82) is 0 Å². The first-order chi connectivity index (χ1) is 26.6. The van der Waals surface area contributed by atoms with E-state index in [1.807, 2.05) is 0 Å². The van der Waals surface area contributed by atoms with Gasteiger partial charge in [0.15, 0.2) is 0 Å². The standard InChI is InChI=1S/C33H53N9O15/c1-33(2)11-22(43)42(23(44)12-33)21(13-34)31(55)38-14-19(40-28(52)16(35-3)5-8-24(45)46)30(54)39-18(7-10-26(49)50)27(51)37-15-20(32(56)57)41-29(53)17(36-4)6-9-25(47)48/h16-21,35-36H,5-15,34H2,1-4H3,(H,37,51)(H,38,55)(H,39,54)(H,40,52)(H,41,53)(H,45,46)(H,47,48)(H,49,50)(H,56,57). The highest BCUT2D eigenvalue weighted by molar-refractivity contribution is 6.03. The normalized spacial score (nSPS) is 16.8. The summed E-state index contributed by atoms with van der Waals surface area (Å²) in [4.78, 5) is 138. The van der Waals surface area contributed by atoms with Crippen molar-refractivity contribution in [2.45, 2.75) is 101 Å². The molecule has 1 rings (SSSR count). The number of carbonyl (C=O) groups excluding carboxylic acids is 7. The fourth-order valence-electron chi connectivity index (χ4n) is 5.63. The van der Waals surface area contributed by atoms with Gasteiger partial charge in [0.1, 0.15) is 24.2 Å². The van der Waals surface area contributed by atoms with E-state index in [2.05, 4.69) is 37.2 Å². The van der Waals surface area contributed by atoms with Crippen molar-refractivity contribution in [3.63, 3.8) is 0 Å². The van der Waals surface area contributed by atoms with Crippen molar-refractivity contribution in [3.8, 4) is 0 Å².